The summed E-state index contributed by atoms with van der Waals surface area (Å²) in [5.41, 5.74) is 2.17. The molecule has 0 N–H and O–H groups in total. The van der Waals surface area contributed by atoms with Crippen LogP contribution in [0, 0.1) is 66.9 Å². The van der Waals surface area contributed by atoms with E-state index < -0.39 is 67.6 Å². The molecular weight excluding hydrogens is 965 g/mol. The quantitative estimate of drug-likeness (QED) is 0.0553. The van der Waals surface area contributed by atoms with E-state index in [-0.39, 0.29) is 64.2 Å². The first-order valence-electron chi connectivity index (χ1n) is 26.1. The van der Waals surface area contributed by atoms with Gasteiger partial charge in [-0.05, 0) is 125 Å². The van der Waals surface area contributed by atoms with Gasteiger partial charge in [0.1, 0.15) is 43.6 Å². The molecule has 76 heavy (non-hydrogen) atoms. The van der Waals surface area contributed by atoms with Crippen LogP contribution < -0.4 is 0 Å². The van der Waals surface area contributed by atoms with Crippen molar-refractivity contribution in [3.8, 4) is 18.2 Å². The van der Waals surface area contributed by atoms with Crippen LogP contribution in [0.1, 0.15) is 103 Å². The van der Waals surface area contributed by atoms with E-state index in [9.17, 15) is 30.2 Å². The highest BCUT2D eigenvalue weighted by atomic mass is 16.6. The normalized spacial score (nSPS) is 22.8. The summed E-state index contributed by atoms with van der Waals surface area (Å²) in [5, 5.41) is 31.4. The van der Waals surface area contributed by atoms with Gasteiger partial charge in [-0.1, -0.05) is 0 Å². The Kier molecular flexibility index (Phi) is 17.5. The minimum atomic E-state index is -2.16. The second kappa shape index (κ2) is 24.7. The number of nitrogens with zero attached hydrogens (tertiary/aromatic N) is 12. The minimum absolute atomic E-state index is 0.125. The summed E-state index contributed by atoms with van der Waals surface area (Å²) < 4.78 is 24.5. The summed E-state index contributed by atoms with van der Waals surface area (Å²) >= 11 is 0. The van der Waals surface area contributed by atoms with E-state index in [1.54, 1.807) is 0 Å². The first-order valence-corrected chi connectivity index (χ1v) is 26.1. The number of carbonyl (C=O) groups is 3. The van der Waals surface area contributed by atoms with Crippen LogP contribution >= 0.6 is 0 Å². The Morgan fingerprint density at radius 1 is 0.500 bits per heavy atom. The molecule has 1 atom stereocenters. The van der Waals surface area contributed by atoms with E-state index in [0.717, 1.165) is 127 Å². The maximum Gasteiger partial charge on any atom is 0.349 e. The Hall–Kier alpha value is -8.43. The zero-order chi connectivity index (χ0) is 53.8. The lowest BCUT2D eigenvalue weighted by Crippen LogP contribution is -2.49. The number of ether oxygens (including phenoxy) is 4. The molecule has 19 heteroatoms. The maximum atomic E-state index is 14.4. The molecule has 0 saturated carbocycles. The number of ketones is 1. The standard InChI is InChI=1S/C57H58N12O7/c1-61-45(40-16-20-48(52(40)63-3)68-26-10-11-27-68)33-73-35-57(36-74-55(71)44(32-60)38-14-18-46(42(38)30-58)66-22-6-7-23-66,37-75-56(72)54(65-5)41-17-21-49(53(41)64-4)69-28-12-13-29-69)76-34-50(70)43(31-59)39-15-19-47(51(39)62-2)67-24-8-9-25-67/h6-29,33-37H2/b43-39-,44-38+,45-40-,54-41-. The van der Waals surface area contributed by atoms with E-state index in [1.165, 1.54) is 0 Å². The molecule has 4 saturated heterocycles. The second-order valence-electron chi connectivity index (χ2n) is 19.9. The van der Waals surface area contributed by atoms with Crippen LogP contribution in [-0.4, -0.2) is 128 Å². The number of Topliss-reactive ketones (excluding diaryl/α,β-unsaturated/α-hetero) is 1. The van der Waals surface area contributed by atoms with Gasteiger partial charge in [-0.2, -0.15) is 15.8 Å². The SMILES string of the molecule is [C-]#[N+]C1=C(N2CCCC2)CC/C1=C(\COCC(COC(=O)/C([N+]#[C-])=C1\CCC(N2CCCC2)=C1[N+]#[C-])(COC(=O)/C(C#N)=C1\CCC(N2CCCC2)=C1C#N)OCC(=O)/C(C#N)=C1/CCC(N2CCCC2)=C1[N+]#[C-])[N+]#[C-]. The monoisotopic (exact) mass is 1020 g/mol. The third-order valence-corrected chi connectivity index (χ3v) is 15.5. The van der Waals surface area contributed by atoms with Gasteiger partial charge in [0.05, 0.1) is 57.2 Å². The van der Waals surface area contributed by atoms with Crippen molar-refractivity contribution in [2.75, 3.05) is 85.4 Å². The van der Waals surface area contributed by atoms with Crippen LogP contribution in [-0.2, 0) is 33.3 Å². The van der Waals surface area contributed by atoms with Crippen LogP contribution in [0.5, 0.6) is 0 Å². The summed E-state index contributed by atoms with van der Waals surface area (Å²) in [4.78, 5) is 70.1. The van der Waals surface area contributed by atoms with Crippen molar-refractivity contribution in [3.63, 3.8) is 0 Å². The van der Waals surface area contributed by atoms with Crippen LogP contribution in [0.2, 0.25) is 0 Å². The Balaban J connectivity index is 1.16. The van der Waals surface area contributed by atoms with E-state index in [2.05, 4.69) is 49.9 Å². The molecular formula is C57H58N12O7. The summed E-state index contributed by atoms with van der Waals surface area (Å²) in [5.74, 6) is -3.11. The average molecular weight is 1020 g/mol. The number of likely N-dealkylation sites (tertiary alicyclic amines) is 4. The highest BCUT2D eigenvalue weighted by molar-refractivity contribution is 6.02. The van der Waals surface area contributed by atoms with Crippen molar-refractivity contribution < 1.29 is 33.3 Å². The van der Waals surface area contributed by atoms with E-state index in [0.29, 0.717) is 43.4 Å². The fourth-order valence-electron chi connectivity index (χ4n) is 11.7. The number of allylic oxidation sites excluding steroid dienone is 9. The summed E-state index contributed by atoms with van der Waals surface area (Å²) in [6.45, 7) is 43.0. The molecule has 388 valence electrons. The molecule has 0 radical (unpaired) electrons. The lowest BCUT2D eigenvalue weighted by atomic mass is 10.0. The van der Waals surface area contributed by atoms with Crippen molar-refractivity contribution in [1.29, 1.82) is 15.8 Å². The Bertz CT molecular complexity index is 2800. The second-order valence-corrected chi connectivity index (χ2v) is 19.9. The molecule has 8 rings (SSSR count). The molecule has 0 aromatic rings. The van der Waals surface area contributed by atoms with Crippen LogP contribution in [0.15, 0.2) is 90.3 Å². The largest absolute Gasteiger partial charge is 0.467 e. The van der Waals surface area contributed by atoms with Crippen molar-refractivity contribution >= 4 is 17.7 Å². The number of rotatable bonds is 18. The maximum absolute atomic E-state index is 14.4. The Morgan fingerprint density at radius 2 is 0.934 bits per heavy atom. The zero-order valence-electron chi connectivity index (χ0n) is 42.7. The van der Waals surface area contributed by atoms with Gasteiger partial charge >= 0.3 is 11.9 Å². The number of nitriles is 3. The third kappa shape index (κ3) is 11.2. The van der Waals surface area contributed by atoms with Crippen LogP contribution in [0.25, 0.3) is 24.2 Å². The van der Waals surface area contributed by atoms with Crippen molar-refractivity contribution in [2.24, 2.45) is 0 Å². The van der Waals surface area contributed by atoms with Gasteiger partial charge < -0.3 is 38.5 Å². The predicted molar refractivity (Wildman–Crippen MR) is 273 cm³/mol. The van der Waals surface area contributed by atoms with Crippen LogP contribution in [0.4, 0.5) is 0 Å². The lowest BCUT2D eigenvalue weighted by Gasteiger charge is -2.32. The predicted octanol–water partition coefficient (Wildman–Crippen LogP) is 8.13. The van der Waals surface area contributed by atoms with Gasteiger partial charge in [-0.15, -0.1) is 0 Å². The van der Waals surface area contributed by atoms with E-state index in [4.69, 9.17) is 51.8 Å². The molecule has 4 aliphatic carbocycles. The Labute approximate surface area is 444 Å². The van der Waals surface area contributed by atoms with E-state index in [1.807, 2.05) is 12.1 Å². The van der Waals surface area contributed by atoms with Gasteiger partial charge in [-0.25, -0.2) is 29.0 Å². The average Bonchev–Trinajstić information content (AvgIpc) is 4.30. The van der Waals surface area contributed by atoms with Gasteiger partial charge in [0.15, 0.2) is 28.5 Å². The zero-order valence-corrected chi connectivity index (χ0v) is 42.7. The first-order chi connectivity index (χ1) is 37.1. The molecule has 1 unspecified atom stereocenters. The molecule has 0 aromatic carbocycles. The number of hydrogen-bond acceptors (Lipinski definition) is 14. The van der Waals surface area contributed by atoms with Crippen molar-refractivity contribution in [1.82, 2.24) is 19.6 Å². The molecule has 0 aromatic heterocycles. The summed E-state index contributed by atoms with van der Waals surface area (Å²) in [6.07, 6.45) is 10.7. The summed E-state index contributed by atoms with van der Waals surface area (Å²) in [7, 11) is 0. The molecule has 4 heterocycles. The molecule has 4 fully saturated rings. The number of esters is 2. The molecule has 0 bridgehead atoms. The fraction of sp³-hybridized carbons (Fsp3) is 0.526. The summed E-state index contributed by atoms with van der Waals surface area (Å²) in [6, 6.07) is 6.12. The number of carbonyl (C=O) groups excluding carboxylic acids is 3. The third-order valence-electron chi connectivity index (χ3n) is 15.5. The fourth-order valence-corrected chi connectivity index (χ4v) is 11.7. The van der Waals surface area contributed by atoms with Gasteiger partial charge in [0, 0.05) is 75.1 Å². The minimum Gasteiger partial charge on any atom is -0.467 e. The lowest BCUT2D eigenvalue weighted by molar-refractivity contribution is -0.180. The molecule has 0 spiro atoms. The number of hydrogen-bond donors (Lipinski definition) is 0. The smallest absolute Gasteiger partial charge is 0.349 e. The highest BCUT2D eigenvalue weighted by Crippen LogP contribution is 2.42. The Morgan fingerprint density at radius 3 is 1.41 bits per heavy atom. The molecule has 8 aliphatic rings. The van der Waals surface area contributed by atoms with Gasteiger partial charge in [0.2, 0.25) is 5.70 Å². The molecule has 4 aliphatic heterocycles. The van der Waals surface area contributed by atoms with Crippen molar-refractivity contribution in [2.45, 2.75) is 108 Å². The van der Waals surface area contributed by atoms with Crippen LogP contribution in [0.3, 0.4) is 0 Å². The highest BCUT2D eigenvalue weighted by Gasteiger charge is 2.41. The van der Waals surface area contributed by atoms with Gasteiger partial charge in [-0.3, -0.25) is 9.59 Å². The van der Waals surface area contributed by atoms with Crippen molar-refractivity contribution in [3.05, 3.63) is 147 Å². The topological polar surface area (TPSA) is 194 Å². The molecule has 0 amide bonds. The van der Waals surface area contributed by atoms with E-state index >= 15 is 0 Å². The van der Waals surface area contributed by atoms with Gasteiger partial charge in [0.25, 0.3) is 5.70 Å². The molecule has 19 nitrogen and oxygen atoms in total. The first kappa shape index (κ1) is 53.8.